The van der Waals surface area contributed by atoms with Gasteiger partial charge in [-0.25, -0.2) is 0 Å². The van der Waals surface area contributed by atoms with Crippen LogP contribution in [0.15, 0.2) is 0 Å². The minimum Gasteiger partial charge on any atom is -0.354 e. The Hall–Kier alpha value is -0.570. The Balaban J connectivity index is 4.12. The van der Waals surface area contributed by atoms with Crippen molar-refractivity contribution in [2.45, 2.75) is 73.3 Å². The molecule has 0 aromatic carbocycles. The first-order valence-electron chi connectivity index (χ1n) is 7.66. The van der Waals surface area contributed by atoms with Crippen molar-refractivity contribution in [1.82, 2.24) is 5.32 Å². The topological polar surface area (TPSA) is 55.1 Å². The van der Waals surface area contributed by atoms with Crippen molar-refractivity contribution in [3.63, 3.8) is 0 Å². The van der Waals surface area contributed by atoms with E-state index in [0.29, 0.717) is 24.8 Å². The highest BCUT2D eigenvalue weighted by molar-refractivity contribution is 5.76. The highest BCUT2D eigenvalue weighted by Crippen LogP contribution is 2.32. The average Bonchev–Trinajstić information content (AvgIpc) is 2.20. The summed E-state index contributed by atoms with van der Waals surface area (Å²) in [6.45, 7) is 13.8. The van der Waals surface area contributed by atoms with Gasteiger partial charge in [-0.3, -0.25) is 4.79 Å². The van der Waals surface area contributed by atoms with Crippen LogP contribution in [0, 0.1) is 17.3 Å². The summed E-state index contributed by atoms with van der Waals surface area (Å²) in [4.78, 5) is 11.9. The van der Waals surface area contributed by atoms with E-state index in [0.717, 1.165) is 19.3 Å². The van der Waals surface area contributed by atoms with Crippen LogP contribution in [-0.4, -0.2) is 18.5 Å². The van der Waals surface area contributed by atoms with Crippen molar-refractivity contribution >= 4 is 5.91 Å². The summed E-state index contributed by atoms with van der Waals surface area (Å²) < 4.78 is 0. The van der Waals surface area contributed by atoms with Gasteiger partial charge in [-0.2, -0.15) is 0 Å². The summed E-state index contributed by atoms with van der Waals surface area (Å²) in [7, 11) is 0. The largest absolute Gasteiger partial charge is 0.354 e. The highest BCUT2D eigenvalue weighted by Gasteiger charge is 2.24. The van der Waals surface area contributed by atoms with Gasteiger partial charge in [-0.1, -0.05) is 34.6 Å². The minimum atomic E-state index is 0.180. The first kappa shape index (κ1) is 18.4. The molecule has 0 saturated heterocycles. The van der Waals surface area contributed by atoms with Crippen LogP contribution >= 0.6 is 0 Å². The van der Waals surface area contributed by atoms with E-state index in [1.807, 2.05) is 0 Å². The van der Waals surface area contributed by atoms with Gasteiger partial charge < -0.3 is 11.1 Å². The van der Waals surface area contributed by atoms with Crippen LogP contribution in [0.5, 0.6) is 0 Å². The lowest BCUT2D eigenvalue weighted by Gasteiger charge is -2.30. The molecule has 0 fully saturated rings. The Morgan fingerprint density at radius 3 is 2.16 bits per heavy atom. The van der Waals surface area contributed by atoms with Crippen LogP contribution < -0.4 is 11.1 Å². The van der Waals surface area contributed by atoms with E-state index in [4.69, 9.17) is 5.73 Å². The first-order chi connectivity index (χ1) is 8.66. The van der Waals surface area contributed by atoms with Crippen LogP contribution in [0.1, 0.15) is 67.2 Å². The molecule has 0 rings (SSSR count). The Morgan fingerprint density at radius 1 is 1.16 bits per heavy atom. The van der Waals surface area contributed by atoms with E-state index < -0.39 is 0 Å². The molecule has 2 unspecified atom stereocenters. The Kier molecular flexibility index (Phi) is 8.31. The molecule has 3 heteroatoms. The van der Waals surface area contributed by atoms with Crippen molar-refractivity contribution in [2.24, 2.45) is 23.0 Å². The smallest absolute Gasteiger partial charge is 0.220 e. The zero-order valence-electron chi connectivity index (χ0n) is 13.8. The molecule has 114 valence electrons. The van der Waals surface area contributed by atoms with Crippen molar-refractivity contribution in [1.29, 1.82) is 0 Å². The van der Waals surface area contributed by atoms with Gasteiger partial charge in [0.25, 0.3) is 0 Å². The standard InChI is InChI=1S/C16H34N2O/c1-12(2)11-13(3)18-15(19)8-7-14(9-10-17)16(4,5)6/h12-14H,7-11,17H2,1-6H3,(H,18,19). The van der Waals surface area contributed by atoms with Gasteiger partial charge >= 0.3 is 0 Å². The molecule has 3 nitrogen and oxygen atoms in total. The molecule has 0 heterocycles. The molecule has 0 aliphatic carbocycles. The molecule has 0 aliphatic rings. The number of carbonyl (C=O) groups excluding carboxylic acids is 1. The maximum absolute atomic E-state index is 11.9. The Labute approximate surface area is 119 Å². The zero-order valence-corrected chi connectivity index (χ0v) is 13.8. The number of amides is 1. The first-order valence-corrected chi connectivity index (χ1v) is 7.66. The molecule has 0 radical (unpaired) electrons. The van der Waals surface area contributed by atoms with E-state index in [2.05, 4.69) is 46.9 Å². The molecule has 0 aromatic rings. The molecule has 0 bridgehead atoms. The van der Waals surface area contributed by atoms with E-state index in [9.17, 15) is 4.79 Å². The number of nitrogens with two attached hydrogens (primary N) is 1. The Bertz CT molecular complexity index is 256. The van der Waals surface area contributed by atoms with Gasteiger partial charge in [0.05, 0.1) is 0 Å². The molecule has 0 spiro atoms. The minimum absolute atomic E-state index is 0.180. The fourth-order valence-electron chi connectivity index (χ4n) is 2.63. The second-order valence-corrected chi connectivity index (χ2v) is 7.28. The second-order valence-electron chi connectivity index (χ2n) is 7.28. The number of hydrogen-bond donors (Lipinski definition) is 2. The number of carbonyl (C=O) groups is 1. The van der Waals surface area contributed by atoms with Crippen LogP contribution in [-0.2, 0) is 4.79 Å². The number of nitrogens with one attached hydrogen (secondary N) is 1. The van der Waals surface area contributed by atoms with Gasteiger partial charge in [0.2, 0.25) is 5.91 Å². The third-order valence-corrected chi connectivity index (χ3v) is 3.69. The zero-order chi connectivity index (χ0) is 15.1. The SMILES string of the molecule is CC(C)CC(C)NC(=O)CCC(CCN)C(C)(C)C. The number of rotatable bonds is 8. The monoisotopic (exact) mass is 270 g/mol. The Morgan fingerprint density at radius 2 is 1.74 bits per heavy atom. The predicted molar refractivity (Wildman–Crippen MR) is 82.9 cm³/mol. The fraction of sp³-hybridized carbons (Fsp3) is 0.938. The molecule has 0 saturated carbocycles. The van der Waals surface area contributed by atoms with Crippen LogP contribution in [0.25, 0.3) is 0 Å². The predicted octanol–water partition coefficient (Wildman–Crippen LogP) is 3.33. The molecule has 1 amide bonds. The lowest BCUT2D eigenvalue weighted by Crippen LogP contribution is -2.34. The highest BCUT2D eigenvalue weighted by atomic mass is 16.1. The lowest BCUT2D eigenvalue weighted by atomic mass is 9.76. The summed E-state index contributed by atoms with van der Waals surface area (Å²) in [5.41, 5.74) is 5.89. The van der Waals surface area contributed by atoms with Crippen LogP contribution in [0.2, 0.25) is 0 Å². The van der Waals surface area contributed by atoms with Gasteiger partial charge in [0.1, 0.15) is 0 Å². The molecule has 19 heavy (non-hydrogen) atoms. The van der Waals surface area contributed by atoms with Crippen molar-refractivity contribution < 1.29 is 4.79 Å². The lowest BCUT2D eigenvalue weighted by molar-refractivity contribution is -0.122. The van der Waals surface area contributed by atoms with E-state index in [1.54, 1.807) is 0 Å². The molecule has 3 N–H and O–H groups in total. The summed E-state index contributed by atoms with van der Waals surface area (Å²) in [6.07, 6.45) is 3.58. The number of hydrogen-bond acceptors (Lipinski definition) is 2. The van der Waals surface area contributed by atoms with Crippen molar-refractivity contribution in [2.75, 3.05) is 6.54 Å². The fourth-order valence-corrected chi connectivity index (χ4v) is 2.63. The van der Waals surface area contributed by atoms with Crippen LogP contribution in [0.3, 0.4) is 0 Å². The van der Waals surface area contributed by atoms with E-state index in [1.165, 1.54) is 0 Å². The summed E-state index contributed by atoms with van der Waals surface area (Å²) in [6, 6.07) is 0.273. The van der Waals surface area contributed by atoms with E-state index in [-0.39, 0.29) is 17.4 Å². The quantitative estimate of drug-likeness (QED) is 0.711. The van der Waals surface area contributed by atoms with Gasteiger partial charge in [0, 0.05) is 12.5 Å². The summed E-state index contributed by atoms with van der Waals surface area (Å²) in [5, 5.41) is 3.09. The third kappa shape index (κ3) is 9.04. The second kappa shape index (κ2) is 8.57. The maximum Gasteiger partial charge on any atom is 0.220 e. The normalized spacial score (nSPS) is 15.4. The van der Waals surface area contributed by atoms with Gasteiger partial charge in [0.15, 0.2) is 0 Å². The third-order valence-electron chi connectivity index (χ3n) is 3.69. The summed E-state index contributed by atoms with van der Waals surface area (Å²) >= 11 is 0. The average molecular weight is 270 g/mol. The van der Waals surface area contributed by atoms with Crippen molar-refractivity contribution in [3.8, 4) is 0 Å². The van der Waals surface area contributed by atoms with E-state index >= 15 is 0 Å². The molecular weight excluding hydrogens is 236 g/mol. The van der Waals surface area contributed by atoms with Crippen molar-refractivity contribution in [3.05, 3.63) is 0 Å². The molecule has 2 atom stereocenters. The van der Waals surface area contributed by atoms with Gasteiger partial charge in [-0.15, -0.1) is 0 Å². The van der Waals surface area contributed by atoms with Gasteiger partial charge in [-0.05, 0) is 50.0 Å². The maximum atomic E-state index is 11.9. The molecule has 0 aromatic heterocycles. The summed E-state index contributed by atoms with van der Waals surface area (Å²) in [5.74, 6) is 1.32. The molecule has 0 aliphatic heterocycles. The van der Waals surface area contributed by atoms with Crippen LogP contribution in [0.4, 0.5) is 0 Å². The molecular formula is C16H34N2O.